The van der Waals surface area contributed by atoms with Gasteiger partial charge in [-0.1, -0.05) is 6.07 Å². The normalized spacial score (nSPS) is 22.5. The van der Waals surface area contributed by atoms with Gasteiger partial charge in [-0.2, -0.15) is 22.7 Å². The number of thiophene rings is 1. The molecule has 1 amide bonds. The van der Waals surface area contributed by atoms with E-state index in [1.54, 1.807) is 12.1 Å². The summed E-state index contributed by atoms with van der Waals surface area (Å²) in [5.41, 5.74) is 0.0236. The predicted octanol–water partition coefficient (Wildman–Crippen LogP) is 1.98. The number of hydrogen-bond acceptors (Lipinski definition) is 5. The van der Waals surface area contributed by atoms with Gasteiger partial charge in [-0.15, -0.1) is 11.3 Å². The van der Waals surface area contributed by atoms with Gasteiger partial charge >= 0.3 is 0 Å². The maximum atomic E-state index is 13.4. The zero-order valence-electron chi connectivity index (χ0n) is 13.6. The standard InChI is InChI=1S/C16H15FN4O3S2/c1-21-14(8-13(20-26(21,23)24)15-3-2-6-25-15)16(22)19-11-4-5-12(17)10(7-11)9-18/h2-7,13-14,20H,8H2,1H3,(H,19,22)/t13-,14+/m1/s1. The Bertz CT molecular complexity index is 970. The Morgan fingerprint density at radius 2 is 2.23 bits per heavy atom. The molecule has 1 aliphatic heterocycles. The third-order valence-electron chi connectivity index (χ3n) is 4.11. The second kappa shape index (κ2) is 7.13. The van der Waals surface area contributed by atoms with Crippen LogP contribution in [0.15, 0.2) is 35.7 Å². The molecule has 0 spiro atoms. The quantitative estimate of drug-likeness (QED) is 0.831. The monoisotopic (exact) mass is 394 g/mol. The second-order valence-electron chi connectivity index (χ2n) is 5.75. The summed E-state index contributed by atoms with van der Waals surface area (Å²) in [5.74, 6) is -1.24. The minimum atomic E-state index is -3.83. The van der Waals surface area contributed by atoms with E-state index in [0.717, 1.165) is 15.2 Å². The van der Waals surface area contributed by atoms with Crippen LogP contribution in [0.25, 0.3) is 0 Å². The second-order valence-corrected chi connectivity index (χ2v) is 8.50. The van der Waals surface area contributed by atoms with Gasteiger partial charge in [0.15, 0.2) is 0 Å². The number of nitrogens with one attached hydrogen (secondary N) is 2. The molecule has 0 bridgehead atoms. The number of likely N-dealkylation sites (N-methyl/N-ethyl adjacent to an activating group) is 1. The van der Waals surface area contributed by atoms with E-state index in [1.807, 2.05) is 11.4 Å². The first-order valence-corrected chi connectivity index (χ1v) is 9.93. The summed E-state index contributed by atoms with van der Waals surface area (Å²) in [4.78, 5) is 13.5. The van der Waals surface area contributed by atoms with Crippen molar-refractivity contribution in [2.45, 2.75) is 18.5 Å². The van der Waals surface area contributed by atoms with Gasteiger partial charge in [0, 0.05) is 17.6 Å². The third kappa shape index (κ3) is 3.61. The van der Waals surface area contributed by atoms with E-state index in [0.29, 0.717) is 0 Å². The highest BCUT2D eigenvalue weighted by atomic mass is 32.2. The minimum absolute atomic E-state index is 0.203. The zero-order valence-corrected chi connectivity index (χ0v) is 15.3. The molecule has 2 N–H and O–H groups in total. The zero-order chi connectivity index (χ0) is 18.9. The summed E-state index contributed by atoms with van der Waals surface area (Å²) >= 11 is 1.40. The molecule has 0 saturated carbocycles. The Kier molecular flexibility index (Phi) is 5.06. The van der Waals surface area contributed by atoms with E-state index < -0.39 is 34.0 Å². The number of halogens is 1. The fourth-order valence-electron chi connectivity index (χ4n) is 2.70. The molecule has 1 aromatic carbocycles. The molecule has 1 saturated heterocycles. The molecule has 136 valence electrons. The van der Waals surface area contributed by atoms with E-state index >= 15 is 0 Å². The van der Waals surface area contributed by atoms with Gasteiger partial charge in [-0.05, 0) is 36.1 Å². The maximum absolute atomic E-state index is 13.4. The van der Waals surface area contributed by atoms with Gasteiger partial charge < -0.3 is 5.32 Å². The summed E-state index contributed by atoms with van der Waals surface area (Å²) in [6, 6.07) is 7.46. The first-order valence-electron chi connectivity index (χ1n) is 7.61. The van der Waals surface area contributed by atoms with Crippen LogP contribution < -0.4 is 10.0 Å². The van der Waals surface area contributed by atoms with Crippen molar-refractivity contribution in [2.24, 2.45) is 0 Å². The number of anilines is 1. The summed E-state index contributed by atoms with van der Waals surface area (Å²) in [7, 11) is -2.50. The number of nitrogens with zero attached hydrogens (tertiary/aromatic N) is 2. The molecule has 2 aromatic rings. The molecule has 2 atom stereocenters. The average Bonchev–Trinajstić information content (AvgIpc) is 3.13. The van der Waals surface area contributed by atoms with Crippen LogP contribution >= 0.6 is 11.3 Å². The van der Waals surface area contributed by atoms with E-state index in [9.17, 15) is 17.6 Å². The van der Waals surface area contributed by atoms with E-state index in [1.165, 1.54) is 30.5 Å². The lowest BCUT2D eigenvalue weighted by atomic mass is 10.1. The number of benzene rings is 1. The Balaban J connectivity index is 1.84. The Morgan fingerprint density at radius 1 is 1.46 bits per heavy atom. The lowest BCUT2D eigenvalue weighted by Gasteiger charge is -2.35. The van der Waals surface area contributed by atoms with Gasteiger partial charge in [-0.3, -0.25) is 4.79 Å². The van der Waals surface area contributed by atoms with Crippen molar-refractivity contribution in [1.82, 2.24) is 9.03 Å². The van der Waals surface area contributed by atoms with E-state index in [4.69, 9.17) is 5.26 Å². The molecular formula is C16H15FN4O3S2. The highest BCUT2D eigenvalue weighted by Gasteiger charge is 2.40. The molecule has 0 aliphatic carbocycles. The number of carbonyl (C=O) groups excluding carboxylic acids is 1. The lowest BCUT2D eigenvalue weighted by Crippen LogP contribution is -2.55. The van der Waals surface area contributed by atoms with Crippen LogP contribution in [0.2, 0.25) is 0 Å². The van der Waals surface area contributed by atoms with Gasteiger partial charge in [0.2, 0.25) is 5.91 Å². The maximum Gasteiger partial charge on any atom is 0.280 e. The van der Waals surface area contributed by atoms with Crippen molar-refractivity contribution in [3.8, 4) is 6.07 Å². The van der Waals surface area contributed by atoms with Crippen LogP contribution in [0.4, 0.5) is 10.1 Å². The van der Waals surface area contributed by atoms with Crippen molar-refractivity contribution >= 4 is 33.1 Å². The molecular weight excluding hydrogens is 379 g/mol. The lowest BCUT2D eigenvalue weighted by molar-refractivity contribution is -0.120. The largest absolute Gasteiger partial charge is 0.325 e. The summed E-state index contributed by atoms with van der Waals surface area (Å²) in [5, 5.41) is 13.3. The molecule has 0 radical (unpaired) electrons. The fourth-order valence-corrected chi connectivity index (χ4v) is 4.83. The molecule has 1 aromatic heterocycles. The van der Waals surface area contributed by atoms with Gasteiger partial charge in [0.25, 0.3) is 10.2 Å². The number of nitriles is 1. The fraction of sp³-hybridized carbons (Fsp3) is 0.250. The molecule has 10 heteroatoms. The SMILES string of the molecule is CN1[C@H](C(=O)Nc2ccc(F)c(C#N)c2)C[C@H](c2cccs2)NS1(=O)=O. The first kappa shape index (κ1) is 18.5. The van der Waals surface area contributed by atoms with Gasteiger partial charge in [0.1, 0.15) is 17.9 Å². The van der Waals surface area contributed by atoms with Crippen LogP contribution in [-0.2, 0) is 15.0 Å². The molecule has 3 rings (SSSR count). The molecule has 26 heavy (non-hydrogen) atoms. The molecule has 0 unspecified atom stereocenters. The Hall–Kier alpha value is -2.32. The summed E-state index contributed by atoms with van der Waals surface area (Å²) in [6.07, 6.45) is 0.244. The molecule has 1 fully saturated rings. The van der Waals surface area contributed by atoms with Crippen molar-refractivity contribution < 1.29 is 17.6 Å². The van der Waals surface area contributed by atoms with Crippen molar-refractivity contribution in [3.05, 3.63) is 52.0 Å². The summed E-state index contributed by atoms with van der Waals surface area (Å²) in [6.45, 7) is 0. The average molecular weight is 394 g/mol. The number of rotatable bonds is 3. The highest BCUT2D eigenvalue weighted by Crippen LogP contribution is 2.30. The van der Waals surface area contributed by atoms with Crippen LogP contribution in [0.5, 0.6) is 0 Å². The summed E-state index contributed by atoms with van der Waals surface area (Å²) < 4.78 is 41.6. The van der Waals surface area contributed by atoms with E-state index in [2.05, 4.69) is 10.0 Å². The number of carbonyl (C=O) groups is 1. The Morgan fingerprint density at radius 3 is 2.88 bits per heavy atom. The van der Waals surface area contributed by atoms with Gasteiger partial charge in [0.05, 0.1) is 11.6 Å². The number of amides is 1. The highest BCUT2D eigenvalue weighted by molar-refractivity contribution is 7.87. The van der Waals surface area contributed by atoms with Gasteiger partial charge in [-0.25, -0.2) is 4.39 Å². The first-order chi connectivity index (χ1) is 12.3. The number of hydrogen-bond donors (Lipinski definition) is 2. The van der Waals surface area contributed by atoms with Crippen LogP contribution in [0.3, 0.4) is 0 Å². The molecule has 7 nitrogen and oxygen atoms in total. The van der Waals surface area contributed by atoms with Crippen LogP contribution in [-0.4, -0.2) is 31.7 Å². The van der Waals surface area contributed by atoms with Crippen LogP contribution in [0.1, 0.15) is 22.9 Å². The topological polar surface area (TPSA) is 102 Å². The van der Waals surface area contributed by atoms with Crippen molar-refractivity contribution in [1.29, 1.82) is 5.26 Å². The Labute approximate surface area is 154 Å². The van der Waals surface area contributed by atoms with Crippen LogP contribution in [0, 0.1) is 17.1 Å². The van der Waals surface area contributed by atoms with E-state index in [-0.39, 0.29) is 17.7 Å². The smallest absolute Gasteiger partial charge is 0.280 e. The van der Waals surface area contributed by atoms with Crippen molar-refractivity contribution in [3.63, 3.8) is 0 Å². The van der Waals surface area contributed by atoms with Crippen molar-refractivity contribution in [2.75, 3.05) is 12.4 Å². The molecule has 1 aliphatic rings. The third-order valence-corrected chi connectivity index (χ3v) is 6.69. The predicted molar refractivity (Wildman–Crippen MR) is 95.0 cm³/mol. The molecule has 2 heterocycles. The minimum Gasteiger partial charge on any atom is -0.325 e.